The Morgan fingerprint density at radius 3 is 2.49 bits per heavy atom. The van der Waals surface area contributed by atoms with Crippen molar-refractivity contribution in [3.8, 4) is 5.69 Å². The van der Waals surface area contributed by atoms with Gasteiger partial charge in [0.15, 0.2) is 5.82 Å². The van der Waals surface area contributed by atoms with Crippen LogP contribution in [0.1, 0.15) is 23.0 Å². The molecule has 202 valence electrons. The van der Waals surface area contributed by atoms with Crippen molar-refractivity contribution >= 4 is 49.2 Å². The van der Waals surface area contributed by atoms with Gasteiger partial charge in [-0.2, -0.15) is 5.10 Å². The summed E-state index contributed by atoms with van der Waals surface area (Å²) in [6, 6.07) is 10.4. The number of aryl methyl sites for hydroxylation is 2. The van der Waals surface area contributed by atoms with Gasteiger partial charge in [-0.25, -0.2) is 22.2 Å². The summed E-state index contributed by atoms with van der Waals surface area (Å²) in [7, 11) is -2.12. The maximum Gasteiger partial charge on any atom is 0.266 e. The SMILES string of the molecule is Cc1cccc2c(=O)n(-c3ccc(Cl)c4c(NS(C)(=O)=O)nn(C)c34)c(C(N)Cc3cc(F)cc(F)c3)nc12. The zero-order valence-electron chi connectivity index (χ0n) is 21.0. The number of aromatic nitrogens is 4. The highest BCUT2D eigenvalue weighted by Gasteiger charge is 2.25. The van der Waals surface area contributed by atoms with Crippen LogP contribution < -0.4 is 16.0 Å². The Balaban J connectivity index is 1.82. The molecule has 0 saturated heterocycles. The van der Waals surface area contributed by atoms with E-state index in [4.69, 9.17) is 22.3 Å². The number of halogens is 3. The van der Waals surface area contributed by atoms with Gasteiger partial charge in [0.1, 0.15) is 17.5 Å². The van der Waals surface area contributed by atoms with Gasteiger partial charge in [0.25, 0.3) is 5.56 Å². The molecule has 3 N–H and O–H groups in total. The van der Waals surface area contributed by atoms with Crippen molar-refractivity contribution < 1.29 is 17.2 Å². The third kappa shape index (κ3) is 4.98. The summed E-state index contributed by atoms with van der Waals surface area (Å²) in [6.45, 7) is 1.81. The van der Waals surface area contributed by atoms with Crippen LogP contribution in [-0.4, -0.2) is 34.0 Å². The van der Waals surface area contributed by atoms with Crippen LogP contribution in [0, 0.1) is 18.6 Å². The average Bonchev–Trinajstić information content (AvgIpc) is 3.14. The van der Waals surface area contributed by atoms with Crippen LogP contribution in [0.15, 0.2) is 53.3 Å². The molecule has 2 aromatic heterocycles. The number of nitrogens with zero attached hydrogens (tertiary/aromatic N) is 4. The van der Waals surface area contributed by atoms with Gasteiger partial charge in [-0.15, -0.1) is 0 Å². The number of rotatable bonds is 6. The molecule has 0 aliphatic carbocycles. The molecule has 1 unspecified atom stereocenters. The summed E-state index contributed by atoms with van der Waals surface area (Å²) >= 11 is 6.47. The first-order valence-electron chi connectivity index (χ1n) is 11.7. The van der Waals surface area contributed by atoms with Crippen molar-refractivity contribution in [2.45, 2.75) is 19.4 Å². The molecule has 0 spiro atoms. The predicted octanol–water partition coefficient (Wildman–Crippen LogP) is 4.13. The minimum atomic E-state index is -3.70. The third-order valence-electron chi connectivity index (χ3n) is 6.28. The molecule has 1 atom stereocenters. The molecule has 3 aromatic carbocycles. The van der Waals surface area contributed by atoms with E-state index in [9.17, 15) is 22.0 Å². The lowest BCUT2D eigenvalue weighted by molar-refractivity contribution is 0.572. The van der Waals surface area contributed by atoms with Gasteiger partial charge < -0.3 is 5.73 Å². The Bertz CT molecular complexity index is 1940. The van der Waals surface area contributed by atoms with E-state index in [1.807, 2.05) is 0 Å². The van der Waals surface area contributed by atoms with Gasteiger partial charge in [0.05, 0.1) is 44.8 Å². The van der Waals surface area contributed by atoms with E-state index in [1.165, 1.54) is 27.4 Å². The smallest absolute Gasteiger partial charge is 0.266 e. The van der Waals surface area contributed by atoms with Gasteiger partial charge in [0, 0.05) is 13.1 Å². The Morgan fingerprint density at radius 1 is 1.13 bits per heavy atom. The summed E-state index contributed by atoms with van der Waals surface area (Å²) in [6.07, 6.45) is 0.958. The van der Waals surface area contributed by atoms with Crippen LogP contribution in [0.3, 0.4) is 0 Å². The molecule has 5 aromatic rings. The average molecular weight is 573 g/mol. The molecule has 0 aliphatic heterocycles. The normalized spacial score (nSPS) is 12.8. The van der Waals surface area contributed by atoms with Crippen molar-refractivity contribution in [2.24, 2.45) is 12.8 Å². The fraction of sp³-hybridized carbons (Fsp3) is 0.192. The number of nitrogens with two attached hydrogens (primary N) is 1. The number of anilines is 1. The summed E-state index contributed by atoms with van der Waals surface area (Å²) in [5, 5.41) is 5.07. The molecule has 0 saturated carbocycles. The largest absolute Gasteiger partial charge is 0.321 e. The molecule has 0 amide bonds. The molecule has 13 heteroatoms. The standard InChI is InChI=1S/C26H23ClF2N6O3S/c1-13-5-4-6-17-22(13)31-25(19(30)11-14-9-15(28)12-16(29)10-14)35(26(17)36)20-8-7-18(27)21-23(20)34(2)32-24(21)33-39(3,37)38/h4-10,12,19H,11,30H2,1-3H3,(H,32,33). The molecule has 0 bridgehead atoms. The summed E-state index contributed by atoms with van der Waals surface area (Å²) < 4.78 is 56.8. The fourth-order valence-corrected chi connectivity index (χ4v) is 5.45. The zero-order chi connectivity index (χ0) is 28.2. The lowest BCUT2D eigenvalue weighted by Gasteiger charge is -2.20. The van der Waals surface area contributed by atoms with Gasteiger partial charge in [0.2, 0.25) is 10.0 Å². The molecule has 0 aliphatic rings. The maximum absolute atomic E-state index is 14.0. The fourth-order valence-electron chi connectivity index (χ4n) is 4.71. The molecule has 9 nitrogen and oxygen atoms in total. The first kappa shape index (κ1) is 26.7. The molecule has 0 radical (unpaired) electrons. The second kappa shape index (κ2) is 9.70. The number of fused-ring (bicyclic) bond motifs is 2. The maximum atomic E-state index is 14.0. The number of benzene rings is 3. The van der Waals surface area contributed by atoms with Crippen LogP contribution >= 0.6 is 11.6 Å². The first-order chi connectivity index (χ1) is 18.3. The molecule has 0 fully saturated rings. The summed E-state index contributed by atoms with van der Waals surface area (Å²) in [4.78, 5) is 18.8. The number of nitrogens with one attached hydrogen (secondary N) is 1. The minimum absolute atomic E-state index is 0.0134. The zero-order valence-corrected chi connectivity index (χ0v) is 22.6. The third-order valence-corrected chi connectivity index (χ3v) is 7.15. The van der Waals surface area contributed by atoms with Crippen LogP contribution in [0.4, 0.5) is 14.6 Å². The van der Waals surface area contributed by atoms with Gasteiger partial charge in [-0.1, -0.05) is 23.7 Å². The quantitative estimate of drug-likeness (QED) is 0.315. The Morgan fingerprint density at radius 2 is 1.82 bits per heavy atom. The van der Waals surface area contributed by atoms with Crippen molar-refractivity contribution in [1.29, 1.82) is 0 Å². The van der Waals surface area contributed by atoms with E-state index in [1.54, 1.807) is 38.2 Å². The Kier molecular flexibility index (Phi) is 6.65. The Labute approximate surface area is 226 Å². The van der Waals surface area contributed by atoms with Crippen molar-refractivity contribution in [1.82, 2.24) is 19.3 Å². The van der Waals surface area contributed by atoms with E-state index < -0.39 is 33.3 Å². The number of para-hydroxylation sites is 1. The minimum Gasteiger partial charge on any atom is -0.321 e. The van der Waals surface area contributed by atoms with Crippen molar-refractivity contribution in [3.63, 3.8) is 0 Å². The topological polar surface area (TPSA) is 125 Å². The number of hydrogen-bond acceptors (Lipinski definition) is 6. The lowest BCUT2D eigenvalue weighted by Crippen LogP contribution is -2.30. The van der Waals surface area contributed by atoms with E-state index in [2.05, 4.69) is 9.82 Å². The second-order valence-electron chi connectivity index (χ2n) is 9.31. The lowest BCUT2D eigenvalue weighted by atomic mass is 10.0. The molecular weight excluding hydrogens is 550 g/mol. The Hall–Kier alpha value is -3.87. The second-order valence-corrected chi connectivity index (χ2v) is 11.5. The van der Waals surface area contributed by atoms with Crippen LogP contribution in [0.5, 0.6) is 0 Å². The van der Waals surface area contributed by atoms with Crippen LogP contribution in [0.2, 0.25) is 5.02 Å². The molecular formula is C26H23ClF2N6O3S. The molecule has 5 rings (SSSR count). The highest BCUT2D eigenvalue weighted by atomic mass is 35.5. The van der Waals surface area contributed by atoms with E-state index >= 15 is 0 Å². The first-order valence-corrected chi connectivity index (χ1v) is 14.0. The summed E-state index contributed by atoms with van der Waals surface area (Å²) in [5.74, 6) is -1.39. The summed E-state index contributed by atoms with van der Waals surface area (Å²) in [5.41, 5.74) is 8.22. The number of hydrogen-bond donors (Lipinski definition) is 2. The van der Waals surface area contributed by atoms with E-state index in [0.717, 1.165) is 17.9 Å². The predicted molar refractivity (Wildman–Crippen MR) is 147 cm³/mol. The highest BCUT2D eigenvalue weighted by molar-refractivity contribution is 7.92. The van der Waals surface area contributed by atoms with Crippen molar-refractivity contribution in [3.05, 3.63) is 92.5 Å². The van der Waals surface area contributed by atoms with Crippen LogP contribution in [-0.2, 0) is 23.5 Å². The van der Waals surface area contributed by atoms with Gasteiger partial charge >= 0.3 is 0 Å². The molecule has 39 heavy (non-hydrogen) atoms. The van der Waals surface area contributed by atoms with Crippen molar-refractivity contribution in [2.75, 3.05) is 11.0 Å². The van der Waals surface area contributed by atoms with E-state index in [0.29, 0.717) is 22.1 Å². The highest BCUT2D eigenvalue weighted by Crippen LogP contribution is 2.35. The van der Waals surface area contributed by atoms with Gasteiger partial charge in [-0.3, -0.25) is 18.8 Å². The van der Waals surface area contributed by atoms with Gasteiger partial charge in [-0.05, 0) is 54.8 Å². The van der Waals surface area contributed by atoms with Crippen LogP contribution in [0.25, 0.3) is 27.5 Å². The molecule has 2 heterocycles. The number of sulfonamides is 1. The monoisotopic (exact) mass is 572 g/mol. The van der Waals surface area contributed by atoms with E-state index in [-0.39, 0.29) is 34.0 Å².